The number of nitrogens with one attached hydrogen (secondary N) is 2. The van der Waals surface area contributed by atoms with E-state index in [1.807, 2.05) is 31.6 Å². The molecule has 0 amide bonds. The van der Waals surface area contributed by atoms with Crippen molar-refractivity contribution in [2.24, 2.45) is 0 Å². The molecule has 0 aliphatic rings. The van der Waals surface area contributed by atoms with E-state index >= 15 is 0 Å². The third kappa shape index (κ3) is 2.14. The van der Waals surface area contributed by atoms with Gasteiger partial charge in [0.2, 0.25) is 0 Å². The van der Waals surface area contributed by atoms with Crippen LogP contribution in [0, 0.1) is 0 Å². The SMILES string of the molecule is CNCc1cc(-c2ccnc3[nH]ccc23)ccc1OC. The third-order valence-corrected chi connectivity index (χ3v) is 3.42. The highest BCUT2D eigenvalue weighted by molar-refractivity contribution is 5.93. The van der Waals surface area contributed by atoms with Crippen molar-refractivity contribution in [1.29, 1.82) is 0 Å². The van der Waals surface area contributed by atoms with Crippen molar-refractivity contribution in [3.63, 3.8) is 0 Å². The number of methoxy groups -OCH3 is 1. The van der Waals surface area contributed by atoms with Crippen molar-refractivity contribution >= 4 is 11.0 Å². The summed E-state index contributed by atoms with van der Waals surface area (Å²) in [6, 6.07) is 10.4. The average Bonchev–Trinajstić information content (AvgIpc) is 2.96. The zero-order valence-corrected chi connectivity index (χ0v) is 11.6. The number of aromatic amines is 1. The third-order valence-electron chi connectivity index (χ3n) is 3.42. The zero-order valence-electron chi connectivity index (χ0n) is 11.6. The molecule has 2 heterocycles. The van der Waals surface area contributed by atoms with Crippen LogP contribution in [-0.4, -0.2) is 24.1 Å². The number of H-pyrrole nitrogens is 1. The van der Waals surface area contributed by atoms with Gasteiger partial charge in [-0.1, -0.05) is 6.07 Å². The van der Waals surface area contributed by atoms with E-state index in [1.54, 1.807) is 7.11 Å². The topological polar surface area (TPSA) is 49.9 Å². The Hall–Kier alpha value is -2.33. The van der Waals surface area contributed by atoms with Crippen molar-refractivity contribution in [2.75, 3.05) is 14.2 Å². The van der Waals surface area contributed by atoms with Crippen LogP contribution in [0.25, 0.3) is 22.2 Å². The van der Waals surface area contributed by atoms with Gasteiger partial charge in [0.05, 0.1) is 7.11 Å². The number of nitrogens with zero attached hydrogens (tertiary/aromatic N) is 1. The highest BCUT2D eigenvalue weighted by Crippen LogP contribution is 2.30. The van der Waals surface area contributed by atoms with Crippen LogP contribution in [0.5, 0.6) is 5.75 Å². The summed E-state index contributed by atoms with van der Waals surface area (Å²) in [5.41, 5.74) is 4.40. The standard InChI is InChI=1S/C16H17N3O/c1-17-10-12-9-11(3-4-15(12)20-2)13-5-7-18-16-14(13)6-8-19-16/h3-9,17H,10H2,1-2H3,(H,18,19). The summed E-state index contributed by atoms with van der Waals surface area (Å²) >= 11 is 0. The van der Waals surface area contributed by atoms with E-state index in [-0.39, 0.29) is 0 Å². The Bertz CT molecular complexity index is 733. The maximum Gasteiger partial charge on any atom is 0.137 e. The molecule has 0 unspecified atom stereocenters. The first-order chi connectivity index (χ1) is 9.83. The minimum atomic E-state index is 0.776. The van der Waals surface area contributed by atoms with Gasteiger partial charge >= 0.3 is 0 Å². The molecular formula is C16H17N3O. The molecule has 0 aliphatic heterocycles. The van der Waals surface area contributed by atoms with Gasteiger partial charge in [-0.3, -0.25) is 0 Å². The molecule has 0 spiro atoms. The quantitative estimate of drug-likeness (QED) is 0.764. The van der Waals surface area contributed by atoms with E-state index in [2.05, 4.69) is 33.5 Å². The fourth-order valence-corrected chi connectivity index (χ4v) is 2.49. The summed E-state index contributed by atoms with van der Waals surface area (Å²) in [6.07, 6.45) is 3.75. The predicted molar refractivity (Wildman–Crippen MR) is 80.8 cm³/mol. The van der Waals surface area contributed by atoms with Crippen LogP contribution in [0.3, 0.4) is 0 Å². The molecule has 0 atom stereocenters. The second kappa shape index (κ2) is 5.35. The number of hydrogen-bond donors (Lipinski definition) is 2. The Labute approximate surface area is 117 Å². The smallest absolute Gasteiger partial charge is 0.137 e. The zero-order chi connectivity index (χ0) is 13.9. The second-order valence-corrected chi connectivity index (χ2v) is 4.66. The van der Waals surface area contributed by atoms with E-state index in [0.29, 0.717) is 0 Å². The normalized spacial score (nSPS) is 10.9. The van der Waals surface area contributed by atoms with Gasteiger partial charge in [-0.05, 0) is 42.4 Å². The highest BCUT2D eigenvalue weighted by Gasteiger charge is 2.09. The first kappa shape index (κ1) is 12.7. The van der Waals surface area contributed by atoms with Gasteiger partial charge in [0.1, 0.15) is 11.4 Å². The second-order valence-electron chi connectivity index (χ2n) is 4.66. The molecule has 20 heavy (non-hydrogen) atoms. The molecule has 0 aliphatic carbocycles. The van der Waals surface area contributed by atoms with Crippen LogP contribution in [0.2, 0.25) is 0 Å². The Morgan fingerprint density at radius 1 is 1.25 bits per heavy atom. The van der Waals surface area contributed by atoms with Crippen molar-refractivity contribution in [3.8, 4) is 16.9 Å². The van der Waals surface area contributed by atoms with E-state index in [9.17, 15) is 0 Å². The minimum absolute atomic E-state index is 0.776. The van der Waals surface area contributed by atoms with Crippen LogP contribution in [0.15, 0.2) is 42.7 Å². The fourth-order valence-electron chi connectivity index (χ4n) is 2.49. The largest absolute Gasteiger partial charge is 0.496 e. The molecule has 0 bridgehead atoms. The number of aromatic nitrogens is 2. The number of fused-ring (bicyclic) bond motifs is 1. The van der Waals surface area contributed by atoms with Crippen LogP contribution >= 0.6 is 0 Å². The monoisotopic (exact) mass is 267 g/mol. The van der Waals surface area contributed by atoms with Crippen LogP contribution in [0.4, 0.5) is 0 Å². The number of rotatable bonds is 4. The lowest BCUT2D eigenvalue weighted by atomic mass is 10.0. The fraction of sp³-hybridized carbons (Fsp3) is 0.188. The molecule has 0 fully saturated rings. The van der Waals surface area contributed by atoms with E-state index in [4.69, 9.17) is 4.74 Å². The highest BCUT2D eigenvalue weighted by atomic mass is 16.5. The van der Waals surface area contributed by atoms with Crippen LogP contribution in [-0.2, 0) is 6.54 Å². The molecular weight excluding hydrogens is 250 g/mol. The summed E-state index contributed by atoms with van der Waals surface area (Å²) in [6.45, 7) is 0.776. The molecule has 2 N–H and O–H groups in total. The Balaban J connectivity index is 2.14. The molecule has 2 aromatic heterocycles. The summed E-state index contributed by atoms with van der Waals surface area (Å²) < 4.78 is 5.40. The van der Waals surface area contributed by atoms with Crippen molar-refractivity contribution < 1.29 is 4.74 Å². The Morgan fingerprint density at radius 3 is 2.95 bits per heavy atom. The molecule has 0 saturated heterocycles. The molecule has 3 aromatic rings. The van der Waals surface area contributed by atoms with Crippen molar-refractivity contribution in [1.82, 2.24) is 15.3 Å². The first-order valence-corrected chi connectivity index (χ1v) is 6.57. The maximum absolute atomic E-state index is 5.40. The van der Waals surface area contributed by atoms with E-state index in [0.717, 1.165) is 28.9 Å². The first-order valence-electron chi connectivity index (χ1n) is 6.57. The molecule has 3 rings (SSSR count). The van der Waals surface area contributed by atoms with Gasteiger partial charge in [0.25, 0.3) is 0 Å². The predicted octanol–water partition coefficient (Wildman–Crippen LogP) is 2.96. The lowest BCUT2D eigenvalue weighted by molar-refractivity contribution is 0.408. The number of pyridine rings is 1. The van der Waals surface area contributed by atoms with Gasteiger partial charge in [-0.15, -0.1) is 0 Å². The molecule has 4 nitrogen and oxygen atoms in total. The molecule has 4 heteroatoms. The van der Waals surface area contributed by atoms with Gasteiger partial charge < -0.3 is 15.0 Å². The van der Waals surface area contributed by atoms with Crippen LogP contribution in [0.1, 0.15) is 5.56 Å². The number of benzene rings is 1. The van der Waals surface area contributed by atoms with Gasteiger partial charge in [-0.25, -0.2) is 4.98 Å². The maximum atomic E-state index is 5.40. The van der Waals surface area contributed by atoms with Gasteiger partial charge in [0.15, 0.2) is 0 Å². The summed E-state index contributed by atoms with van der Waals surface area (Å²) in [5.74, 6) is 0.905. The molecule has 102 valence electrons. The van der Waals surface area contributed by atoms with Gasteiger partial charge in [0, 0.05) is 29.9 Å². The summed E-state index contributed by atoms with van der Waals surface area (Å²) in [5, 5.41) is 4.30. The summed E-state index contributed by atoms with van der Waals surface area (Å²) in [4.78, 5) is 7.47. The molecule has 0 saturated carbocycles. The number of ether oxygens (including phenoxy) is 1. The van der Waals surface area contributed by atoms with Gasteiger partial charge in [-0.2, -0.15) is 0 Å². The Morgan fingerprint density at radius 2 is 2.15 bits per heavy atom. The minimum Gasteiger partial charge on any atom is -0.496 e. The lowest BCUT2D eigenvalue weighted by Crippen LogP contribution is -2.06. The Kier molecular flexibility index (Phi) is 3.39. The van der Waals surface area contributed by atoms with Crippen molar-refractivity contribution in [2.45, 2.75) is 6.54 Å². The van der Waals surface area contributed by atoms with E-state index < -0.39 is 0 Å². The lowest BCUT2D eigenvalue weighted by Gasteiger charge is -2.11. The molecule has 1 aromatic carbocycles. The average molecular weight is 267 g/mol. The number of hydrogen-bond acceptors (Lipinski definition) is 3. The van der Waals surface area contributed by atoms with E-state index in [1.165, 1.54) is 11.1 Å². The molecule has 0 radical (unpaired) electrons. The van der Waals surface area contributed by atoms with Crippen molar-refractivity contribution in [3.05, 3.63) is 48.3 Å². The summed E-state index contributed by atoms with van der Waals surface area (Å²) in [7, 11) is 3.63. The van der Waals surface area contributed by atoms with Crippen LogP contribution < -0.4 is 10.1 Å².